The number of para-hydroxylation sites is 1. The zero-order valence-electron chi connectivity index (χ0n) is 25.8. The number of ether oxygens (including phenoxy) is 4. The smallest absolute Gasteiger partial charge is 0.306 e. The maximum Gasteiger partial charge on any atom is 0.306 e. The lowest BCUT2D eigenvalue weighted by Crippen LogP contribution is -2.46. The van der Waals surface area contributed by atoms with Crippen LogP contribution in [0.5, 0.6) is 11.5 Å². The monoisotopic (exact) mass is 627 g/mol. The van der Waals surface area contributed by atoms with Crippen molar-refractivity contribution in [2.75, 3.05) is 39.4 Å². The number of methoxy groups -OCH3 is 3. The van der Waals surface area contributed by atoms with Crippen molar-refractivity contribution in [2.24, 2.45) is 21.5 Å². The number of carbonyl (C=O) groups excluding carboxylic acids is 3. The molecule has 0 bridgehead atoms. The van der Waals surface area contributed by atoms with Crippen LogP contribution in [-0.4, -0.2) is 74.8 Å². The van der Waals surface area contributed by atoms with Crippen LogP contribution in [0.25, 0.3) is 0 Å². The molecule has 0 spiro atoms. The fourth-order valence-electron chi connectivity index (χ4n) is 5.35. The van der Waals surface area contributed by atoms with E-state index >= 15 is 0 Å². The van der Waals surface area contributed by atoms with E-state index in [1.54, 1.807) is 35.2 Å². The highest BCUT2D eigenvalue weighted by Gasteiger charge is 2.42. The Morgan fingerprint density at radius 1 is 1.11 bits per heavy atom. The maximum absolute atomic E-state index is 14.4. The molecular weight excluding hydrogens is 590 g/mol. The third-order valence-electron chi connectivity index (χ3n) is 7.81. The number of hydrogen-bond donors (Lipinski definition) is 1. The molecule has 4 rings (SSSR count). The Balaban J connectivity index is 1.79. The van der Waals surface area contributed by atoms with Gasteiger partial charge in [0, 0.05) is 52.7 Å². The number of amides is 1. The van der Waals surface area contributed by atoms with Crippen molar-refractivity contribution < 1.29 is 38.4 Å². The molecule has 2 heterocycles. The van der Waals surface area contributed by atoms with Gasteiger partial charge in [0.2, 0.25) is 5.78 Å². The van der Waals surface area contributed by atoms with Crippen LogP contribution in [0, 0.1) is 11.3 Å². The number of aliphatic hydroxyl groups is 1. The molecule has 236 valence electrons. The molecule has 44 heavy (non-hydrogen) atoms. The molecule has 0 fully saturated rings. The summed E-state index contributed by atoms with van der Waals surface area (Å²) in [5.74, 6) is -0.938. The number of aliphatic hydroxyl groups excluding tert-OH is 1. The molecule has 2 aliphatic heterocycles. The Morgan fingerprint density at radius 2 is 1.86 bits per heavy atom. The van der Waals surface area contributed by atoms with E-state index in [9.17, 15) is 19.5 Å². The molecule has 0 saturated carbocycles. The van der Waals surface area contributed by atoms with E-state index in [4.69, 9.17) is 30.5 Å². The average molecular weight is 628 g/mol. The minimum atomic E-state index is -1.19. The number of halogens is 1. The molecule has 0 aliphatic carbocycles. The van der Waals surface area contributed by atoms with E-state index in [-0.39, 0.29) is 37.4 Å². The number of anilines is 1. The highest BCUT2D eigenvalue weighted by molar-refractivity contribution is 6.68. The van der Waals surface area contributed by atoms with E-state index in [1.165, 1.54) is 21.3 Å². The summed E-state index contributed by atoms with van der Waals surface area (Å²) < 4.78 is 22.7. The van der Waals surface area contributed by atoms with Gasteiger partial charge in [0.15, 0.2) is 11.5 Å². The van der Waals surface area contributed by atoms with Gasteiger partial charge in [-0.2, -0.15) is 10.2 Å². The molecule has 1 N–H and O–H groups in total. The molecule has 11 nitrogen and oxygen atoms in total. The van der Waals surface area contributed by atoms with Crippen LogP contribution < -0.4 is 14.4 Å². The van der Waals surface area contributed by atoms with Crippen LogP contribution in [0.1, 0.15) is 57.3 Å². The second kappa shape index (κ2) is 13.9. The molecule has 2 aromatic carbocycles. The normalized spacial score (nSPS) is 19.1. The van der Waals surface area contributed by atoms with Crippen LogP contribution >= 0.6 is 11.6 Å². The molecule has 12 heteroatoms. The third-order valence-corrected chi connectivity index (χ3v) is 8.04. The third kappa shape index (κ3) is 6.80. The lowest BCUT2D eigenvalue weighted by atomic mass is 9.91. The Kier molecular flexibility index (Phi) is 10.4. The summed E-state index contributed by atoms with van der Waals surface area (Å²) in [7, 11) is 4.32. The first-order valence-electron chi connectivity index (χ1n) is 14.3. The van der Waals surface area contributed by atoms with Gasteiger partial charge < -0.3 is 29.0 Å². The van der Waals surface area contributed by atoms with Gasteiger partial charge in [-0.1, -0.05) is 44.5 Å². The van der Waals surface area contributed by atoms with Gasteiger partial charge in [-0.3, -0.25) is 14.4 Å². The fourth-order valence-corrected chi connectivity index (χ4v) is 5.53. The number of carbonyl (C=O) groups is 3. The number of esters is 1. The highest BCUT2D eigenvalue weighted by Crippen LogP contribution is 2.45. The molecule has 0 aromatic heterocycles. The molecule has 2 aromatic rings. The quantitative estimate of drug-likeness (QED) is 0.338. The second-order valence-corrected chi connectivity index (χ2v) is 11.9. The zero-order chi connectivity index (χ0) is 32.2. The van der Waals surface area contributed by atoms with Crippen molar-refractivity contribution in [3.8, 4) is 11.5 Å². The van der Waals surface area contributed by atoms with Gasteiger partial charge in [0.05, 0.1) is 27.8 Å². The Labute approximate surface area is 261 Å². The van der Waals surface area contributed by atoms with E-state index in [0.29, 0.717) is 39.8 Å². The lowest BCUT2D eigenvalue weighted by Gasteiger charge is -2.32. The van der Waals surface area contributed by atoms with Crippen LogP contribution in [0.3, 0.4) is 0 Å². The summed E-state index contributed by atoms with van der Waals surface area (Å²) in [6, 6.07) is 10.5. The van der Waals surface area contributed by atoms with Gasteiger partial charge in [-0.05, 0) is 30.7 Å². The largest absolute Gasteiger partial charge is 0.493 e. The zero-order valence-corrected chi connectivity index (χ0v) is 26.5. The molecule has 1 unspecified atom stereocenters. The maximum atomic E-state index is 14.4. The van der Waals surface area contributed by atoms with Crippen LogP contribution in [-0.2, 0) is 23.9 Å². The Morgan fingerprint density at radius 3 is 2.50 bits per heavy atom. The molecular formula is C32H38ClN3O8. The summed E-state index contributed by atoms with van der Waals surface area (Å²) in [4.78, 5) is 41.4. The summed E-state index contributed by atoms with van der Waals surface area (Å²) in [6.07, 6.45) is -1.78. The standard InChI is InChI=1S/C32H38ClN3O8/c1-7-18(13-26(38)42-5)27-28(39)22(34-35-27)15-25-31(40)36(16-32(2,3)17-37)23-12-11-19(33)14-21(23)29(44-25)20-9-8-10-24(41-4)30(20)43-6/h8-12,14,18,25,29,37H,7,13,15-17H2,1-6H3/t18?,25-,29-/m1/s1. The molecule has 2 aliphatic rings. The fraction of sp³-hybridized carbons (Fsp3) is 0.469. The highest BCUT2D eigenvalue weighted by atomic mass is 35.5. The lowest BCUT2D eigenvalue weighted by molar-refractivity contribution is -0.141. The Bertz CT molecular complexity index is 1490. The van der Waals surface area contributed by atoms with Gasteiger partial charge in [0.25, 0.3) is 5.91 Å². The SMILES string of the molecule is CCC(CC(=O)OC)C1=NN=C(C[C@H]2O[C@H](c3cccc(OC)c3OC)c3cc(Cl)ccc3N(CC(C)(C)CO)C2=O)C1=O. The average Bonchev–Trinajstić information content (AvgIpc) is 3.34. The van der Waals surface area contributed by atoms with Crippen LogP contribution in [0.15, 0.2) is 46.6 Å². The number of hydrogen-bond acceptors (Lipinski definition) is 10. The number of rotatable bonds is 12. The van der Waals surface area contributed by atoms with E-state index in [2.05, 4.69) is 10.2 Å². The molecule has 0 radical (unpaired) electrons. The van der Waals surface area contributed by atoms with Crippen molar-refractivity contribution in [2.45, 2.75) is 52.2 Å². The topological polar surface area (TPSA) is 136 Å². The van der Waals surface area contributed by atoms with Crippen LogP contribution in [0.2, 0.25) is 5.02 Å². The van der Waals surface area contributed by atoms with Gasteiger partial charge in [-0.15, -0.1) is 0 Å². The summed E-state index contributed by atoms with van der Waals surface area (Å²) in [6.45, 7) is 5.50. The number of benzene rings is 2. The second-order valence-electron chi connectivity index (χ2n) is 11.5. The number of ketones is 1. The van der Waals surface area contributed by atoms with Crippen molar-refractivity contribution >= 4 is 46.4 Å². The van der Waals surface area contributed by atoms with Crippen molar-refractivity contribution in [3.05, 3.63) is 52.5 Å². The molecule has 1 amide bonds. The minimum Gasteiger partial charge on any atom is -0.493 e. The van der Waals surface area contributed by atoms with E-state index in [1.807, 2.05) is 26.8 Å². The Hall–Kier alpha value is -3.80. The predicted molar refractivity (Wildman–Crippen MR) is 166 cm³/mol. The molecule has 3 atom stereocenters. The first kappa shape index (κ1) is 33.1. The first-order chi connectivity index (χ1) is 21.0. The predicted octanol–water partition coefficient (Wildman–Crippen LogP) is 4.56. The number of nitrogens with zero attached hydrogens (tertiary/aromatic N) is 3. The van der Waals surface area contributed by atoms with E-state index in [0.717, 1.165) is 0 Å². The molecule has 0 saturated heterocycles. The first-order valence-corrected chi connectivity index (χ1v) is 14.7. The van der Waals surface area contributed by atoms with Gasteiger partial charge >= 0.3 is 5.97 Å². The number of fused-ring (bicyclic) bond motifs is 1. The van der Waals surface area contributed by atoms with E-state index < -0.39 is 41.2 Å². The summed E-state index contributed by atoms with van der Waals surface area (Å²) in [5, 5.41) is 18.8. The minimum absolute atomic E-state index is 0.0168. The van der Waals surface area contributed by atoms with Crippen molar-refractivity contribution in [3.63, 3.8) is 0 Å². The van der Waals surface area contributed by atoms with Crippen molar-refractivity contribution in [1.29, 1.82) is 0 Å². The summed E-state index contributed by atoms with van der Waals surface area (Å²) in [5.41, 5.74) is 1.23. The van der Waals surface area contributed by atoms with Gasteiger partial charge in [0.1, 0.15) is 23.6 Å². The summed E-state index contributed by atoms with van der Waals surface area (Å²) >= 11 is 6.49. The van der Waals surface area contributed by atoms with Crippen LogP contribution in [0.4, 0.5) is 5.69 Å². The number of Topliss-reactive ketones (excluding diaryl/α,β-unsaturated/α-hetero) is 1. The van der Waals surface area contributed by atoms with Crippen molar-refractivity contribution in [1.82, 2.24) is 0 Å². The van der Waals surface area contributed by atoms with Gasteiger partial charge in [-0.25, -0.2) is 0 Å².